The zero-order valence-electron chi connectivity index (χ0n) is 4.88. The van der Waals surface area contributed by atoms with Crippen molar-refractivity contribution in [3.05, 3.63) is 34.2 Å². The van der Waals surface area contributed by atoms with E-state index >= 15 is 0 Å². The number of hydrogen-bond acceptors (Lipinski definition) is 2. The second-order valence-corrected chi connectivity index (χ2v) is 2.75. The summed E-state index contributed by atoms with van der Waals surface area (Å²) in [4.78, 5) is 23.8. The van der Waals surface area contributed by atoms with Crippen molar-refractivity contribution in [3.8, 4) is 0 Å². The molecule has 0 bridgehead atoms. The molecule has 0 fully saturated rings. The minimum absolute atomic E-state index is 0.207. The van der Waals surface area contributed by atoms with Crippen molar-refractivity contribution in [1.29, 1.82) is 0 Å². The second-order valence-electron chi connectivity index (χ2n) is 1.67. The van der Waals surface area contributed by atoms with Crippen LogP contribution in [0.4, 0.5) is 0 Å². The van der Waals surface area contributed by atoms with Gasteiger partial charge in [0.05, 0.1) is 0 Å². The molecular formula is C6H4IrNO2. The third-order valence-corrected chi connectivity index (χ3v) is 1.66. The first-order valence-electron chi connectivity index (χ1n) is 2.57. The molecule has 1 aromatic heterocycles. The molecule has 0 unspecified atom stereocenters. The summed E-state index contributed by atoms with van der Waals surface area (Å²) in [6.45, 7) is 0. The molecule has 0 aliphatic heterocycles. The molecule has 0 spiro atoms. The Labute approximate surface area is 67.6 Å². The molecule has 0 aliphatic rings. The zero-order chi connectivity index (χ0) is 7.56. The van der Waals surface area contributed by atoms with E-state index in [0.29, 0.717) is 0 Å². The Kier molecular flexibility index (Phi) is 2.14. The van der Waals surface area contributed by atoms with Crippen molar-refractivity contribution in [1.82, 2.24) is 4.98 Å². The van der Waals surface area contributed by atoms with Gasteiger partial charge in [-0.15, -0.1) is 0 Å². The van der Waals surface area contributed by atoms with Gasteiger partial charge in [-0.3, -0.25) is 0 Å². The quantitative estimate of drug-likeness (QED) is 0.797. The van der Waals surface area contributed by atoms with E-state index in [4.69, 9.17) is 0 Å². The van der Waals surface area contributed by atoms with Crippen LogP contribution in [0.2, 0.25) is 0 Å². The van der Waals surface area contributed by atoms with Gasteiger partial charge in [0, 0.05) is 0 Å². The Hall–Kier alpha value is -0.731. The number of pyridine rings is 1. The molecule has 54 valence electrons. The number of hydrogen-bond donors (Lipinski definition) is 1. The van der Waals surface area contributed by atoms with Crippen LogP contribution in [-0.2, 0) is 18.9 Å². The van der Waals surface area contributed by atoms with Crippen LogP contribution in [0.15, 0.2) is 23.1 Å². The van der Waals surface area contributed by atoms with Crippen LogP contribution >= 0.6 is 0 Å². The summed E-state index contributed by atoms with van der Waals surface area (Å²) in [6, 6.07) is 3.12. The van der Waals surface area contributed by atoms with Gasteiger partial charge >= 0.3 is 67.2 Å². The molecule has 1 heterocycles. The predicted molar refractivity (Wildman–Crippen MR) is 31.4 cm³/mol. The summed E-state index contributed by atoms with van der Waals surface area (Å²) in [6.07, 6.45) is 1.49. The molecule has 1 rings (SSSR count). The molecular weight excluding hydrogens is 310 g/mol. The number of H-pyrrole nitrogens is 1. The zero-order valence-corrected chi connectivity index (χ0v) is 7.28. The summed E-state index contributed by atoms with van der Waals surface area (Å²) in [5, 5.41) is 0. The first kappa shape index (κ1) is 7.38. The first-order valence-corrected chi connectivity index (χ1v) is 3.77. The normalized spacial score (nSPS) is 9.40. The van der Waals surface area contributed by atoms with Crippen LogP contribution in [0.1, 0.15) is 10.4 Å². The molecule has 10 heavy (non-hydrogen) atoms. The Balaban J connectivity index is 3.29. The Bertz CT molecular complexity index is 305. The molecule has 1 aromatic rings. The summed E-state index contributed by atoms with van der Waals surface area (Å²) in [5.74, 6) is 0. The Morgan fingerprint density at radius 3 is 2.70 bits per heavy atom. The molecule has 0 amide bonds. The van der Waals surface area contributed by atoms with Gasteiger partial charge in [-0.05, 0) is 0 Å². The summed E-state index contributed by atoms with van der Waals surface area (Å²) < 4.78 is -0.207. The van der Waals surface area contributed by atoms with Gasteiger partial charge in [0.25, 0.3) is 0 Å². The van der Waals surface area contributed by atoms with Crippen molar-refractivity contribution in [3.63, 3.8) is 0 Å². The van der Waals surface area contributed by atoms with Crippen LogP contribution < -0.4 is 5.56 Å². The number of aromatic amines is 1. The molecule has 3 nitrogen and oxygen atoms in total. The molecule has 0 aromatic carbocycles. The summed E-state index contributed by atoms with van der Waals surface area (Å²) >= 11 is 1.37. The van der Waals surface area contributed by atoms with E-state index in [1.54, 1.807) is 6.07 Å². The van der Waals surface area contributed by atoms with Crippen LogP contribution in [0.25, 0.3) is 0 Å². The third kappa shape index (κ3) is 1.40. The van der Waals surface area contributed by atoms with E-state index in [9.17, 15) is 9.59 Å². The van der Waals surface area contributed by atoms with Crippen LogP contribution in [0.3, 0.4) is 0 Å². The molecule has 4 heteroatoms. The molecule has 0 saturated heterocycles. The van der Waals surface area contributed by atoms with Crippen LogP contribution in [0.5, 0.6) is 0 Å². The molecule has 1 N–H and O–H groups in total. The van der Waals surface area contributed by atoms with Gasteiger partial charge in [-0.1, -0.05) is 0 Å². The Morgan fingerprint density at radius 1 is 1.60 bits per heavy atom. The molecule has 0 radical (unpaired) electrons. The molecule has 0 saturated carbocycles. The fraction of sp³-hybridized carbons (Fsp3) is 0. The Morgan fingerprint density at radius 2 is 2.30 bits per heavy atom. The van der Waals surface area contributed by atoms with E-state index in [1.165, 1.54) is 31.2 Å². The fourth-order valence-electron chi connectivity index (χ4n) is 0.568. The van der Waals surface area contributed by atoms with Gasteiger partial charge in [0.1, 0.15) is 0 Å². The average Bonchev–Trinajstić information content (AvgIpc) is 1.88. The van der Waals surface area contributed by atoms with Crippen molar-refractivity contribution in [2.75, 3.05) is 0 Å². The van der Waals surface area contributed by atoms with Crippen molar-refractivity contribution in [2.24, 2.45) is 0 Å². The van der Waals surface area contributed by atoms with Crippen molar-refractivity contribution in [2.45, 2.75) is 0 Å². The standard InChI is InChI=1S/C6H4NO2.Ir/c8-4-5-2-1-3-7-6(5)9;/h1-3H,(H,7,9);. The van der Waals surface area contributed by atoms with Gasteiger partial charge in [0.2, 0.25) is 0 Å². The maximum absolute atomic E-state index is 10.8. The van der Waals surface area contributed by atoms with E-state index in [1.807, 2.05) is 0 Å². The number of rotatable bonds is 1. The number of aromatic nitrogens is 1. The monoisotopic (exact) mass is 315 g/mol. The van der Waals surface area contributed by atoms with Crippen molar-refractivity contribution >= 4 is 4.30 Å². The van der Waals surface area contributed by atoms with Crippen LogP contribution in [0, 0.1) is 0 Å². The maximum atomic E-state index is 10.8. The second kappa shape index (κ2) is 2.90. The summed E-state index contributed by atoms with van der Waals surface area (Å²) in [7, 11) is 0. The first-order chi connectivity index (χ1) is 4.72. The van der Waals surface area contributed by atoms with Crippen molar-refractivity contribution < 1.29 is 23.7 Å². The SMILES string of the molecule is O=[C]([Ir])c1ccc[nH]c1=O. The van der Waals surface area contributed by atoms with Gasteiger partial charge in [-0.25, -0.2) is 0 Å². The number of carbonyl (C=O) groups is 1. The number of carbonyl (C=O) groups excluding carboxylic acids is 1. The van der Waals surface area contributed by atoms with Gasteiger partial charge < -0.3 is 0 Å². The molecule has 0 aliphatic carbocycles. The molecule has 0 atom stereocenters. The fourth-order valence-corrected chi connectivity index (χ4v) is 1.04. The minimum atomic E-state index is -0.324. The number of nitrogens with one attached hydrogen (secondary N) is 1. The summed E-state index contributed by atoms with van der Waals surface area (Å²) in [5.41, 5.74) is -0.113. The topological polar surface area (TPSA) is 49.9 Å². The predicted octanol–water partition coefficient (Wildman–Crippen LogP) is 0.0619. The van der Waals surface area contributed by atoms with E-state index in [2.05, 4.69) is 4.98 Å². The van der Waals surface area contributed by atoms with Crippen LogP contribution in [-0.4, -0.2) is 9.28 Å². The van der Waals surface area contributed by atoms with E-state index in [-0.39, 0.29) is 15.4 Å². The van der Waals surface area contributed by atoms with Gasteiger partial charge in [0.15, 0.2) is 0 Å². The van der Waals surface area contributed by atoms with E-state index in [0.717, 1.165) is 0 Å². The van der Waals surface area contributed by atoms with E-state index < -0.39 is 0 Å². The van der Waals surface area contributed by atoms with Gasteiger partial charge in [-0.2, -0.15) is 0 Å². The third-order valence-electron chi connectivity index (χ3n) is 1.02. The average molecular weight is 314 g/mol.